The average molecular weight is 455 g/mol. The molecule has 0 fully saturated rings. The number of rotatable bonds is 5. The molecular weight excluding hydrogens is 444 g/mol. The first-order chi connectivity index (χ1) is 12.7. The Morgan fingerprint density at radius 1 is 1.11 bits per heavy atom. The molecule has 140 valence electrons. The number of carbonyl (C=O) groups is 1. The van der Waals surface area contributed by atoms with Gasteiger partial charge < -0.3 is 10.1 Å². The summed E-state index contributed by atoms with van der Waals surface area (Å²) in [6, 6.07) is 7.60. The molecule has 10 nitrogen and oxygen atoms in total. The maximum Gasteiger partial charge on any atom is 0.277 e. The molecule has 12 heteroatoms. The Bertz CT molecular complexity index is 920. The summed E-state index contributed by atoms with van der Waals surface area (Å²) >= 11 is 8.33. The van der Waals surface area contributed by atoms with E-state index in [0.29, 0.717) is 15.9 Å². The second kappa shape index (κ2) is 8.51. The number of ether oxygens (including phenoxy) is 1. The highest BCUT2D eigenvalue weighted by Crippen LogP contribution is 2.27. The molecule has 0 aliphatic carbocycles. The molecule has 0 saturated carbocycles. The van der Waals surface area contributed by atoms with Crippen LogP contribution in [0.5, 0.6) is 5.75 Å². The molecule has 2 rings (SSSR count). The zero-order valence-electron chi connectivity index (χ0n) is 13.6. The Balaban J connectivity index is 2.16. The van der Waals surface area contributed by atoms with Crippen molar-refractivity contribution in [3.63, 3.8) is 0 Å². The third-order valence-corrected chi connectivity index (χ3v) is 4.05. The number of amides is 1. The van der Waals surface area contributed by atoms with E-state index >= 15 is 0 Å². The van der Waals surface area contributed by atoms with Crippen molar-refractivity contribution in [2.45, 2.75) is 0 Å². The molecule has 0 heterocycles. The van der Waals surface area contributed by atoms with E-state index < -0.39 is 27.1 Å². The van der Waals surface area contributed by atoms with Gasteiger partial charge in [-0.15, -0.1) is 0 Å². The molecule has 1 amide bonds. The standard InChI is InChI=1S/C15H11BrN4O6S/c1-26-13-3-2-9(6-12(13)16)17-15(27)18-14(21)8-4-10(19(22)23)7-11(5-8)20(24)25/h2-7H,1H3,(H2,17,18,21,27). The summed E-state index contributed by atoms with van der Waals surface area (Å²) in [5.41, 5.74) is -0.881. The SMILES string of the molecule is COc1ccc(NC(=S)NC(=O)c2cc([N+](=O)[O-])cc([N+](=O)[O-])c2)cc1Br. The van der Waals surface area contributed by atoms with E-state index in [4.69, 9.17) is 17.0 Å². The van der Waals surface area contributed by atoms with Crippen molar-refractivity contribution in [3.8, 4) is 5.75 Å². The lowest BCUT2D eigenvalue weighted by atomic mass is 10.1. The molecule has 2 aromatic carbocycles. The minimum absolute atomic E-state index is 0.0915. The molecule has 0 radical (unpaired) electrons. The Kier molecular flexibility index (Phi) is 6.36. The molecule has 0 spiro atoms. The zero-order chi connectivity index (χ0) is 20.1. The number of nitrogens with one attached hydrogen (secondary N) is 2. The van der Waals surface area contributed by atoms with E-state index in [1.54, 1.807) is 18.2 Å². The first kappa shape index (κ1) is 20.2. The fourth-order valence-corrected chi connectivity index (χ4v) is 2.77. The van der Waals surface area contributed by atoms with Crippen molar-refractivity contribution in [3.05, 3.63) is 66.7 Å². The first-order valence-corrected chi connectivity index (χ1v) is 8.31. The average Bonchev–Trinajstić information content (AvgIpc) is 2.61. The van der Waals surface area contributed by atoms with Crippen LogP contribution >= 0.6 is 28.1 Å². The number of nitro benzene ring substituents is 2. The Hall–Kier alpha value is -3.12. The molecule has 2 aromatic rings. The maximum atomic E-state index is 12.2. The highest BCUT2D eigenvalue weighted by Gasteiger charge is 2.20. The van der Waals surface area contributed by atoms with Gasteiger partial charge in [-0.1, -0.05) is 0 Å². The Morgan fingerprint density at radius 3 is 2.19 bits per heavy atom. The number of thiocarbonyl (C=S) groups is 1. The van der Waals surface area contributed by atoms with Crippen LogP contribution in [0.1, 0.15) is 10.4 Å². The van der Waals surface area contributed by atoms with Gasteiger partial charge >= 0.3 is 0 Å². The number of hydrogen-bond donors (Lipinski definition) is 2. The number of carbonyl (C=O) groups excluding carboxylic acids is 1. The molecule has 0 saturated heterocycles. The number of benzene rings is 2. The number of halogens is 1. The Morgan fingerprint density at radius 2 is 1.70 bits per heavy atom. The number of anilines is 1. The van der Waals surface area contributed by atoms with Crippen molar-refractivity contribution >= 4 is 56.2 Å². The molecule has 27 heavy (non-hydrogen) atoms. The van der Waals surface area contributed by atoms with Crippen LogP contribution in [-0.2, 0) is 0 Å². The highest BCUT2D eigenvalue weighted by molar-refractivity contribution is 9.10. The van der Waals surface area contributed by atoms with Crippen molar-refractivity contribution < 1.29 is 19.4 Å². The first-order valence-electron chi connectivity index (χ1n) is 7.11. The number of hydrogen-bond acceptors (Lipinski definition) is 7. The van der Waals surface area contributed by atoms with Gasteiger partial charge in [0.1, 0.15) is 5.75 Å². The van der Waals surface area contributed by atoms with Gasteiger partial charge in [0.25, 0.3) is 17.3 Å². The second-order valence-electron chi connectivity index (χ2n) is 5.01. The number of non-ortho nitro benzene ring substituents is 2. The van der Waals surface area contributed by atoms with Crippen molar-refractivity contribution in [1.29, 1.82) is 0 Å². The van der Waals surface area contributed by atoms with Crippen LogP contribution in [-0.4, -0.2) is 28.0 Å². The molecule has 0 unspecified atom stereocenters. The van der Waals surface area contributed by atoms with Crippen molar-refractivity contribution in [2.24, 2.45) is 0 Å². The summed E-state index contributed by atoms with van der Waals surface area (Å²) in [6.07, 6.45) is 0. The minimum atomic E-state index is -0.827. The van der Waals surface area contributed by atoms with Gasteiger partial charge in [-0.3, -0.25) is 30.3 Å². The van der Waals surface area contributed by atoms with E-state index in [1.807, 2.05) is 0 Å². The lowest BCUT2D eigenvalue weighted by Gasteiger charge is -2.11. The van der Waals surface area contributed by atoms with Crippen LogP contribution in [0.4, 0.5) is 17.1 Å². The summed E-state index contributed by atoms with van der Waals surface area (Å²) in [5.74, 6) is -0.230. The quantitative estimate of drug-likeness (QED) is 0.398. The molecule has 0 aliphatic rings. The van der Waals surface area contributed by atoms with Crippen LogP contribution in [0, 0.1) is 20.2 Å². The monoisotopic (exact) mass is 454 g/mol. The molecule has 2 N–H and O–H groups in total. The highest BCUT2D eigenvalue weighted by atomic mass is 79.9. The number of nitrogens with zero attached hydrogens (tertiary/aromatic N) is 2. The van der Waals surface area contributed by atoms with E-state index in [1.165, 1.54) is 7.11 Å². The lowest BCUT2D eigenvalue weighted by Crippen LogP contribution is -2.34. The summed E-state index contributed by atoms with van der Waals surface area (Å²) in [7, 11) is 1.51. The third-order valence-electron chi connectivity index (χ3n) is 3.22. The van der Waals surface area contributed by atoms with Crippen LogP contribution in [0.25, 0.3) is 0 Å². The third kappa shape index (κ3) is 5.18. The van der Waals surface area contributed by atoms with Gasteiger partial charge in [0.15, 0.2) is 5.11 Å². The van der Waals surface area contributed by atoms with Crippen LogP contribution < -0.4 is 15.4 Å². The Labute approximate surface area is 165 Å². The molecule has 0 aliphatic heterocycles. The van der Waals surface area contributed by atoms with E-state index in [-0.39, 0.29) is 10.7 Å². The second-order valence-corrected chi connectivity index (χ2v) is 6.27. The lowest BCUT2D eigenvalue weighted by molar-refractivity contribution is -0.394. The smallest absolute Gasteiger partial charge is 0.277 e. The van der Waals surface area contributed by atoms with Gasteiger partial charge in [0.05, 0.1) is 33.1 Å². The molecule has 0 atom stereocenters. The predicted octanol–water partition coefficient (Wildman–Crippen LogP) is 3.40. The normalized spacial score (nSPS) is 10.0. The van der Waals surface area contributed by atoms with Gasteiger partial charge in [0, 0.05) is 17.8 Å². The van der Waals surface area contributed by atoms with E-state index in [2.05, 4.69) is 26.6 Å². The zero-order valence-corrected chi connectivity index (χ0v) is 16.0. The van der Waals surface area contributed by atoms with Crippen molar-refractivity contribution in [1.82, 2.24) is 5.32 Å². The number of methoxy groups -OCH3 is 1. The van der Waals surface area contributed by atoms with Gasteiger partial charge in [-0.25, -0.2) is 0 Å². The fraction of sp³-hybridized carbons (Fsp3) is 0.0667. The summed E-state index contributed by atoms with van der Waals surface area (Å²) in [5, 5.41) is 26.8. The van der Waals surface area contributed by atoms with Crippen LogP contribution in [0.2, 0.25) is 0 Å². The summed E-state index contributed by atoms with van der Waals surface area (Å²) < 4.78 is 5.75. The maximum absolute atomic E-state index is 12.2. The largest absolute Gasteiger partial charge is 0.496 e. The minimum Gasteiger partial charge on any atom is -0.496 e. The van der Waals surface area contributed by atoms with Gasteiger partial charge in [-0.05, 0) is 46.3 Å². The van der Waals surface area contributed by atoms with E-state index in [0.717, 1.165) is 18.2 Å². The van der Waals surface area contributed by atoms with Crippen LogP contribution in [0.15, 0.2) is 40.9 Å². The number of nitro groups is 2. The molecule has 0 aromatic heterocycles. The summed E-state index contributed by atoms with van der Waals surface area (Å²) in [4.78, 5) is 32.4. The summed E-state index contributed by atoms with van der Waals surface area (Å²) in [6.45, 7) is 0. The fourth-order valence-electron chi connectivity index (χ4n) is 2.02. The van der Waals surface area contributed by atoms with Gasteiger partial charge in [0.2, 0.25) is 0 Å². The van der Waals surface area contributed by atoms with Crippen LogP contribution in [0.3, 0.4) is 0 Å². The molecular formula is C15H11BrN4O6S. The van der Waals surface area contributed by atoms with Crippen molar-refractivity contribution in [2.75, 3.05) is 12.4 Å². The van der Waals surface area contributed by atoms with Gasteiger partial charge in [-0.2, -0.15) is 0 Å². The molecule has 0 bridgehead atoms. The topological polar surface area (TPSA) is 137 Å². The van der Waals surface area contributed by atoms with E-state index in [9.17, 15) is 25.0 Å². The predicted molar refractivity (Wildman–Crippen MR) is 104 cm³/mol.